The van der Waals surface area contributed by atoms with Gasteiger partial charge in [-0.1, -0.05) is 13.3 Å². The number of hydrogen-bond acceptors (Lipinski definition) is 5. The fourth-order valence-corrected chi connectivity index (χ4v) is 2.37. The van der Waals surface area contributed by atoms with Gasteiger partial charge in [-0.05, 0) is 29.0 Å². The molecule has 5 nitrogen and oxygen atoms in total. The van der Waals surface area contributed by atoms with Gasteiger partial charge in [0.25, 0.3) is 0 Å². The fraction of sp³-hybridized carbons (Fsp3) is 0.333. The minimum Gasteiger partial charge on any atom is -0.372 e. The SMILES string of the molecule is CCCc1nc(-c2cnccn2)nc(NC)c1I. The van der Waals surface area contributed by atoms with Crippen molar-refractivity contribution in [3.05, 3.63) is 27.9 Å². The predicted molar refractivity (Wildman–Crippen MR) is 79.3 cm³/mol. The highest BCUT2D eigenvalue weighted by molar-refractivity contribution is 14.1. The van der Waals surface area contributed by atoms with Crippen LogP contribution >= 0.6 is 22.6 Å². The molecule has 0 aliphatic rings. The quantitative estimate of drug-likeness (QED) is 0.854. The van der Waals surface area contributed by atoms with E-state index in [-0.39, 0.29) is 0 Å². The Morgan fingerprint density at radius 3 is 2.72 bits per heavy atom. The summed E-state index contributed by atoms with van der Waals surface area (Å²) in [6.45, 7) is 2.14. The molecule has 2 heterocycles. The van der Waals surface area contributed by atoms with Crippen molar-refractivity contribution in [1.82, 2.24) is 19.9 Å². The van der Waals surface area contributed by atoms with Crippen molar-refractivity contribution in [2.24, 2.45) is 0 Å². The van der Waals surface area contributed by atoms with Crippen molar-refractivity contribution in [3.63, 3.8) is 0 Å². The number of hydrogen-bond donors (Lipinski definition) is 1. The summed E-state index contributed by atoms with van der Waals surface area (Å²) >= 11 is 2.28. The van der Waals surface area contributed by atoms with E-state index < -0.39 is 0 Å². The second-order valence-corrected chi connectivity index (χ2v) is 4.83. The van der Waals surface area contributed by atoms with Crippen LogP contribution in [0.25, 0.3) is 11.5 Å². The molecular formula is C12H14IN5. The minimum atomic E-state index is 0.622. The summed E-state index contributed by atoms with van der Waals surface area (Å²) in [5.74, 6) is 1.46. The smallest absolute Gasteiger partial charge is 0.182 e. The lowest BCUT2D eigenvalue weighted by molar-refractivity contribution is 0.866. The third-order valence-corrected chi connectivity index (χ3v) is 3.57. The van der Waals surface area contributed by atoms with Crippen molar-refractivity contribution in [1.29, 1.82) is 0 Å². The van der Waals surface area contributed by atoms with E-state index in [1.54, 1.807) is 18.6 Å². The van der Waals surface area contributed by atoms with Crippen molar-refractivity contribution in [2.45, 2.75) is 19.8 Å². The molecule has 0 aliphatic carbocycles. The number of halogens is 1. The average molecular weight is 355 g/mol. The Morgan fingerprint density at radius 1 is 1.28 bits per heavy atom. The maximum absolute atomic E-state index is 4.58. The fourth-order valence-electron chi connectivity index (χ4n) is 1.59. The molecule has 0 spiro atoms. The van der Waals surface area contributed by atoms with Crippen LogP contribution in [-0.4, -0.2) is 27.0 Å². The lowest BCUT2D eigenvalue weighted by Gasteiger charge is -2.10. The molecule has 0 aromatic carbocycles. The number of aromatic nitrogens is 4. The van der Waals surface area contributed by atoms with Gasteiger partial charge in [0, 0.05) is 19.4 Å². The lowest BCUT2D eigenvalue weighted by atomic mass is 10.2. The lowest BCUT2D eigenvalue weighted by Crippen LogP contribution is -2.06. The van der Waals surface area contributed by atoms with Crippen LogP contribution in [0, 0.1) is 3.57 Å². The van der Waals surface area contributed by atoms with E-state index in [4.69, 9.17) is 0 Å². The normalized spacial score (nSPS) is 10.4. The summed E-state index contributed by atoms with van der Waals surface area (Å²) < 4.78 is 1.07. The molecule has 0 saturated heterocycles. The van der Waals surface area contributed by atoms with Gasteiger partial charge in [0.1, 0.15) is 11.5 Å². The van der Waals surface area contributed by atoms with Gasteiger partial charge in [0.05, 0.1) is 15.5 Å². The largest absolute Gasteiger partial charge is 0.372 e. The van der Waals surface area contributed by atoms with Gasteiger partial charge < -0.3 is 5.32 Å². The first-order chi connectivity index (χ1) is 8.76. The molecule has 0 atom stereocenters. The van der Waals surface area contributed by atoms with Gasteiger partial charge in [-0.3, -0.25) is 4.98 Å². The first-order valence-corrected chi connectivity index (χ1v) is 6.84. The van der Waals surface area contributed by atoms with Crippen molar-refractivity contribution < 1.29 is 0 Å². The highest BCUT2D eigenvalue weighted by atomic mass is 127. The van der Waals surface area contributed by atoms with Gasteiger partial charge in [0.2, 0.25) is 0 Å². The first kappa shape index (κ1) is 13.1. The van der Waals surface area contributed by atoms with E-state index in [0.717, 1.165) is 27.9 Å². The van der Waals surface area contributed by atoms with Crippen molar-refractivity contribution in [3.8, 4) is 11.5 Å². The van der Waals surface area contributed by atoms with E-state index in [1.165, 1.54) is 0 Å². The van der Waals surface area contributed by atoms with E-state index in [0.29, 0.717) is 11.5 Å². The van der Waals surface area contributed by atoms with Crippen LogP contribution in [0.1, 0.15) is 19.0 Å². The molecule has 2 aromatic rings. The minimum absolute atomic E-state index is 0.622. The molecule has 0 saturated carbocycles. The zero-order chi connectivity index (χ0) is 13.0. The molecule has 0 aliphatic heterocycles. The second-order valence-electron chi connectivity index (χ2n) is 3.75. The molecule has 0 amide bonds. The number of nitrogens with one attached hydrogen (secondary N) is 1. The highest BCUT2D eigenvalue weighted by Gasteiger charge is 2.12. The molecule has 2 rings (SSSR count). The Bertz CT molecular complexity index is 529. The maximum atomic E-state index is 4.58. The van der Waals surface area contributed by atoms with Crippen LogP contribution < -0.4 is 5.32 Å². The van der Waals surface area contributed by atoms with Crippen LogP contribution in [-0.2, 0) is 6.42 Å². The summed E-state index contributed by atoms with van der Waals surface area (Å²) in [5, 5.41) is 3.10. The first-order valence-electron chi connectivity index (χ1n) is 5.76. The Morgan fingerprint density at radius 2 is 2.11 bits per heavy atom. The molecule has 94 valence electrons. The monoisotopic (exact) mass is 355 g/mol. The molecule has 0 unspecified atom stereocenters. The Kier molecular flexibility index (Phi) is 4.40. The highest BCUT2D eigenvalue weighted by Crippen LogP contribution is 2.23. The topological polar surface area (TPSA) is 63.6 Å². The van der Waals surface area contributed by atoms with E-state index in [1.807, 2.05) is 7.05 Å². The van der Waals surface area contributed by atoms with Crippen molar-refractivity contribution in [2.75, 3.05) is 12.4 Å². The third-order valence-electron chi connectivity index (χ3n) is 2.44. The van der Waals surface area contributed by atoms with E-state index in [2.05, 4.69) is 54.8 Å². The van der Waals surface area contributed by atoms with Crippen LogP contribution in [0.4, 0.5) is 5.82 Å². The summed E-state index contributed by atoms with van der Waals surface area (Å²) in [6.07, 6.45) is 6.95. The van der Waals surface area contributed by atoms with Gasteiger partial charge in [-0.25, -0.2) is 15.0 Å². The Labute approximate surface area is 120 Å². The van der Waals surface area contributed by atoms with Crippen LogP contribution in [0.2, 0.25) is 0 Å². The number of anilines is 1. The van der Waals surface area contributed by atoms with Crippen LogP contribution in [0.5, 0.6) is 0 Å². The number of rotatable bonds is 4. The molecule has 2 aromatic heterocycles. The van der Waals surface area contributed by atoms with Gasteiger partial charge in [-0.15, -0.1) is 0 Å². The zero-order valence-electron chi connectivity index (χ0n) is 10.3. The third kappa shape index (κ3) is 2.74. The zero-order valence-corrected chi connectivity index (χ0v) is 12.5. The molecule has 0 radical (unpaired) electrons. The Balaban J connectivity index is 2.52. The molecular weight excluding hydrogens is 341 g/mol. The Hall–Kier alpha value is -1.31. The molecule has 1 N–H and O–H groups in total. The standard InChI is InChI=1S/C12H14IN5/c1-3-4-8-10(13)12(14-2)18-11(17-8)9-7-15-5-6-16-9/h5-7H,3-4H2,1-2H3,(H,14,17,18). The van der Waals surface area contributed by atoms with Crippen LogP contribution in [0.15, 0.2) is 18.6 Å². The van der Waals surface area contributed by atoms with Gasteiger partial charge in [0.15, 0.2) is 5.82 Å². The predicted octanol–water partition coefficient (Wildman–Crippen LogP) is 2.53. The van der Waals surface area contributed by atoms with Gasteiger partial charge in [-0.2, -0.15) is 0 Å². The maximum Gasteiger partial charge on any atom is 0.182 e. The molecule has 0 fully saturated rings. The summed E-state index contributed by atoms with van der Waals surface area (Å²) in [7, 11) is 1.86. The number of aryl methyl sites for hydroxylation is 1. The van der Waals surface area contributed by atoms with E-state index in [9.17, 15) is 0 Å². The van der Waals surface area contributed by atoms with Gasteiger partial charge >= 0.3 is 0 Å². The summed E-state index contributed by atoms with van der Waals surface area (Å²) in [4.78, 5) is 17.3. The summed E-state index contributed by atoms with van der Waals surface area (Å²) in [5.41, 5.74) is 1.75. The molecule has 18 heavy (non-hydrogen) atoms. The summed E-state index contributed by atoms with van der Waals surface area (Å²) in [6, 6.07) is 0. The number of nitrogens with zero attached hydrogens (tertiary/aromatic N) is 4. The molecule has 0 bridgehead atoms. The van der Waals surface area contributed by atoms with Crippen molar-refractivity contribution >= 4 is 28.4 Å². The average Bonchev–Trinajstić information content (AvgIpc) is 2.42. The van der Waals surface area contributed by atoms with E-state index >= 15 is 0 Å². The second kappa shape index (κ2) is 6.03. The van der Waals surface area contributed by atoms with Crippen LogP contribution in [0.3, 0.4) is 0 Å². The molecule has 6 heteroatoms.